The summed E-state index contributed by atoms with van der Waals surface area (Å²) < 4.78 is 48.9. The van der Waals surface area contributed by atoms with Crippen LogP contribution in [0, 0.1) is 0 Å². The van der Waals surface area contributed by atoms with Crippen molar-refractivity contribution in [1.82, 2.24) is 9.36 Å². The predicted octanol–water partition coefficient (Wildman–Crippen LogP) is 3.93. The highest BCUT2D eigenvalue weighted by atomic mass is 35.5. The Labute approximate surface area is 131 Å². The van der Waals surface area contributed by atoms with Crippen LogP contribution < -0.4 is 4.74 Å². The van der Waals surface area contributed by atoms with Crippen LogP contribution in [0.15, 0.2) is 18.2 Å². The van der Waals surface area contributed by atoms with Gasteiger partial charge in [-0.25, -0.2) is 9.78 Å². The molecule has 0 fully saturated rings. The van der Waals surface area contributed by atoms with Gasteiger partial charge in [0.2, 0.25) is 5.01 Å². The third-order valence-electron chi connectivity index (χ3n) is 2.29. The molecule has 0 aliphatic heterocycles. The van der Waals surface area contributed by atoms with E-state index in [2.05, 4.69) is 14.1 Å². The number of esters is 1. The zero-order valence-electron chi connectivity index (χ0n) is 11.0. The number of aromatic nitrogens is 2. The lowest BCUT2D eigenvalue weighted by atomic mass is 10.2. The number of halogens is 4. The van der Waals surface area contributed by atoms with Gasteiger partial charge in [0.1, 0.15) is 5.75 Å². The quantitative estimate of drug-likeness (QED) is 0.780. The molecule has 0 saturated heterocycles. The summed E-state index contributed by atoms with van der Waals surface area (Å²) in [5, 5.41) is -0.203. The molecule has 2 aromatic rings. The molecular formula is C12H8ClF3N2O3S. The number of rotatable bonds is 4. The molecule has 0 aliphatic carbocycles. The molecule has 1 aromatic heterocycles. The van der Waals surface area contributed by atoms with Gasteiger partial charge in [0, 0.05) is 5.56 Å². The third-order valence-corrected chi connectivity index (χ3v) is 3.28. The largest absolute Gasteiger partial charge is 0.573 e. The molecule has 0 atom stereocenters. The summed E-state index contributed by atoms with van der Waals surface area (Å²) in [5.41, 5.74) is 0.353. The van der Waals surface area contributed by atoms with E-state index in [1.807, 2.05) is 0 Å². The summed E-state index contributed by atoms with van der Waals surface area (Å²) in [6, 6.07) is 3.58. The van der Waals surface area contributed by atoms with Crippen molar-refractivity contribution in [3.63, 3.8) is 0 Å². The summed E-state index contributed by atoms with van der Waals surface area (Å²) in [7, 11) is 0. The maximum Gasteiger partial charge on any atom is 0.573 e. The number of nitrogens with zero attached hydrogens (tertiary/aromatic N) is 2. The van der Waals surface area contributed by atoms with Gasteiger partial charge in [-0.05, 0) is 36.7 Å². The van der Waals surface area contributed by atoms with Crippen LogP contribution in [0.3, 0.4) is 0 Å². The van der Waals surface area contributed by atoms with Crippen molar-refractivity contribution in [2.45, 2.75) is 13.3 Å². The van der Waals surface area contributed by atoms with Crippen molar-refractivity contribution in [3.05, 3.63) is 28.2 Å². The Morgan fingerprint density at radius 2 is 2.14 bits per heavy atom. The molecular weight excluding hydrogens is 345 g/mol. The molecule has 1 heterocycles. The van der Waals surface area contributed by atoms with Crippen LogP contribution in [-0.4, -0.2) is 28.3 Å². The lowest BCUT2D eigenvalue weighted by molar-refractivity contribution is -0.274. The smallest absolute Gasteiger partial charge is 0.461 e. The number of alkyl halides is 3. The highest BCUT2D eigenvalue weighted by molar-refractivity contribution is 7.07. The van der Waals surface area contributed by atoms with Gasteiger partial charge in [-0.3, -0.25) is 0 Å². The summed E-state index contributed by atoms with van der Waals surface area (Å²) >= 11 is 6.56. The van der Waals surface area contributed by atoms with Gasteiger partial charge < -0.3 is 9.47 Å². The number of carbonyl (C=O) groups is 1. The summed E-state index contributed by atoms with van der Waals surface area (Å²) in [4.78, 5) is 15.4. The van der Waals surface area contributed by atoms with E-state index in [0.717, 1.165) is 17.6 Å². The fourth-order valence-electron chi connectivity index (χ4n) is 1.46. The normalized spacial score (nSPS) is 11.3. The van der Waals surface area contributed by atoms with E-state index >= 15 is 0 Å². The van der Waals surface area contributed by atoms with Crippen LogP contribution in [0.5, 0.6) is 5.75 Å². The van der Waals surface area contributed by atoms with Crippen LogP contribution in [-0.2, 0) is 4.74 Å². The Morgan fingerprint density at radius 3 is 2.73 bits per heavy atom. The van der Waals surface area contributed by atoms with Crippen molar-refractivity contribution in [2.24, 2.45) is 0 Å². The van der Waals surface area contributed by atoms with Gasteiger partial charge in [-0.15, -0.1) is 13.2 Å². The second-order valence-corrected chi connectivity index (χ2v) is 5.00. The Balaban J connectivity index is 2.23. The van der Waals surface area contributed by atoms with E-state index in [1.54, 1.807) is 6.92 Å². The predicted molar refractivity (Wildman–Crippen MR) is 73.0 cm³/mol. The van der Waals surface area contributed by atoms with Gasteiger partial charge in [-0.2, -0.15) is 4.37 Å². The first-order valence-corrected chi connectivity index (χ1v) is 7.02. The van der Waals surface area contributed by atoms with Crippen LogP contribution in [0.25, 0.3) is 11.4 Å². The van der Waals surface area contributed by atoms with Crippen LogP contribution >= 0.6 is 23.1 Å². The number of ether oxygens (including phenoxy) is 2. The van der Waals surface area contributed by atoms with Crippen LogP contribution in [0.4, 0.5) is 13.2 Å². The molecule has 10 heteroatoms. The van der Waals surface area contributed by atoms with E-state index in [4.69, 9.17) is 16.3 Å². The molecule has 118 valence electrons. The van der Waals surface area contributed by atoms with E-state index in [1.165, 1.54) is 12.1 Å². The molecule has 1 aromatic carbocycles. The van der Waals surface area contributed by atoms with Crippen molar-refractivity contribution in [3.8, 4) is 17.1 Å². The fraction of sp³-hybridized carbons (Fsp3) is 0.250. The molecule has 0 spiro atoms. The second kappa shape index (κ2) is 6.49. The SMILES string of the molecule is CCOC(=O)c1nc(-c2ccc(OC(F)(F)F)c(Cl)c2)ns1. The third kappa shape index (κ3) is 4.08. The maximum atomic E-state index is 12.2. The fourth-order valence-corrected chi connectivity index (χ4v) is 2.26. The molecule has 0 radical (unpaired) electrons. The number of benzene rings is 1. The number of hydrogen-bond donors (Lipinski definition) is 0. The molecule has 5 nitrogen and oxygen atoms in total. The molecule has 2 rings (SSSR count). The zero-order chi connectivity index (χ0) is 16.3. The van der Waals surface area contributed by atoms with Crippen molar-refractivity contribution in [1.29, 1.82) is 0 Å². The first-order valence-electron chi connectivity index (χ1n) is 5.86. The zero-order valence-corrected chi connectivity index (χ0v) is 12.6. The molecule has 0 aliphatic rings. The van der Waals surface area contributed by atoms with E-state index < -0.39 is 18.1 Å². The van der Waals surface area contributed by atoms with Gasteiger partial charge in [-0.1, -0.05) is 11.6 Å². The standard InChI is InChI=1S/C12H8ClF3N2O3S/c1-2-20-11(19)10-17-9(18-22-10)6-3-4-8(7(13)5-6)21-12(14,15)16/h3-5H,2H2,1H3. The molecule has 22 heavy (non-hydrogen) atoms. The monoisotopic (exact) mass is 352 g/mol. The lowest BCUT2D eigenvalue weighted by Gasteiger charge is -2.10. The molecule has 0 unspecified atom stereocenters. The number of carbonyl (C=O) groups excluding carboxylic acids is 1. The average Bonchev–Trinajstić information content (AvgIpc) is 2.89. The van der Waals surface area contributed by atoms with Crippen molar-refractivity contribution < 1.29 is 27.4 Å². The molecule has 0 N–H and O–H groups in total. The van der Waals surface area contributed by atoms with Gasteiger partial charge in [0.05, 0.1) is 11.6 Å². The minimum Gasteiger partial charge on any atom is -0.461 e. The van der Waals surface area contributed by atoms with E-state index in [0.29, 0.717) is 5.56 Å². The Morgan fingerprint density at radius 1 is 1.41 bits per heavy atom. The van der Waals surface area contributed by atoms with E-state index in [-0.39, 0.29) is 22.5 Å². The Hall–Kier alpha value is -1.87. The highest BCUT2D eigenvalue weighted by Crippen LogP contribution is 2.33. The lowest BCUT2D eigenvalue weighted by Crippen LogP contribution is -2.17. The van der Waals surface area contributed by atoms with E-state index in [9.17, 15) is 18.0 Å². The van der Waals surface area contributed by atoms with Crippen molar-refractivity contribution >= 4 is 29.1 Å². The maximum absolute atomic E-state index is 12.2. The molecule has 0 saturated carbocycles. The molecule has 0 bridgehead atoms. The van der Waals surface area contributed by atoms with Gasteiger partial charge in [0.25, 0.3) is 0 Å². The first kappa shape index (κ1) is 16.5. The first-order chi connectivity index (χ1) is 10.3. The Kier molecular flexibility index (Phi) is 4.87. The summed E-state index contributed by atoms with van der Waals surface area (Å²) in [6.45, 7) is 1.85. The van der Waals surface area contributed by atoms with Crippen LogP contribution in [0.1, 0.15) is 16.7 Å². The summed E-state index contributed by atoms with van der Waals surface area (Å²) in [6.07, 6.45) is -4.83. The van der Waals surface area contributed by atoms with Crippen molar-refractivity contribution in [2.75, 3.05) is 6.61 Å². The van der Waals surface area contributed by atoms with Gasteiger partial charge in [0.15, 0.2) is 5.82 Å². The average molecular weight is 353 g/mol. The minimum absolute atomic E-state index is 0.0450. The Bertz CT molecular complexity index is 690. The molecule has 0 amide bonds. The minimum atomic E-state index is -4.83. The summed E-state index contributed by atoms with van der Waals surface area (Å²) in [5.74, 6) is -0.985. The number of hydrogen-bond acceptors (Lipinski definition) is 6. The van der Waals surface area contributed by atoms with Gasteiger partial charge >= 0.3 is 12.3 Å². The highest BCUT2D eigenvalue weighted by Gasteiger charge is 2.32. The topological polar surface area (TPSA) is 61.3 Å². The van der Waals surface area contributed by atoms with Crippen LogP contribution in [0.2, 0.25) is 5.02 Å². The second-order valence-electron chi connectivity index (χ2n) is 3.84.